The van der Waals surface area contributed by atoms with Gasteiger partial charge in [0.2, 0.25) is 5.91 Å². The molecule has 0 unspecified atom stereocenters. The van der Waals surface area contributed by atoms with E-state index in [-0.39, 0.29) is 42.8 Å². The number of carbonyl (C=O) groups is 2. The Bertz CT molecular complexity index is 1480. The Morgan fingerprint density at radius 2 is 1.84 bits per heavy atom. The first-order valence-electron chi connectivity index (χ1n) is 15.1. The molecular weight excluding hydrogens is 567 g/mol. The normalized spacial score (nSPS) is 19.7. The molecule has 0 spiro atoms. The first-order chi connectivity index (χ1) is 21.0. The average molecular weight is 608 g/mol. The summed E-state index contributed by atoms with van der Waals surface area (Å²) in [5, 5.41) is 9.48. The number of nitrogens with zero attached hydrogens (tertiary/aromatic N) is 2. The van der Waals surface area contributed by atoms with Crippen LogP contribution in [0.2, 0.25) is 0 Å². The molecule has 3 N–H and O–H groups in total. The third kappa shape index (κ3) is 7.18. The maximum absolute atomic E-state index is 13.9. The molecule has 5 rings (SSSR count). The largest absolute Gasteiger partial charge is 0.416 e. The van der Waals surface area contributed by atoms with E-state index in [1.54, 1.807) is 17.0 Å². The van der Waals surface area contributed by atoms with Crippen molar-refractivity contribution in [3.05, 3.63) is 94.7 Å². The minimum Gasteiger partial charge on any atom is -0.384 e. The Kier molecular flexibility index (Phi) is 9.48. The van der Waals surface area contributed by atoms with Gasteiger partial charge in [0, 0.05) is 43.5 Å². The van der Waals surface area contributed by atoms with Crippen molar-refractivity contribution in [1.29, 1.82) is 0 Å². The van der Waals surface area contributed by atoms with Gasteiger partial charge in [0.25, 0.3) is 0 Å². The van der Waals surface area contributed by atoms with E-state index in [0.29, 0.717) is 17.8 Å². The predicted octanol–water partition coefficient (Wildman–Crippen LogP) is 6.03. The first-order valence-corrected chi connectivity index (χ1v) is 15.1. The quantitative estimate of drug-likeness (QED) is 0.343. The van der Waals surface area contributed by atoms with Gasteiger partial charge in [-0.2, -0.15) is 13.2 Å². The second-order valence-corrected chi connectivity index (χ2v) is 12.0. The van der Waals surface area contributed by atoms with Crippen molar-refractivity contribution in [3.63, 3.8) is 0 Å². The molecular formula is C34H40F3N5O2. The van der Waals surface area contributed by atoms with Gasteiger partial charge in [0.05, 0.1) is 5.56 Å². The zero-order valence-electron chi connectivity index (χ0n) is 25.4. The van der Waals surface area contributed by atoms with Crippen LogP contribution in [-0.2, 0) is 17.5 Å². The van der Waals surface area contributed by atoms with Crippen LogP contribution in [0.3, 0.4) is 0 Å². The maximum atomic E-state index is 13.9. The van der Waals surface area contributed by atoms with Gasteiger partial charge in [-0.3, -0.25) is 4.79 Å². The minimum atomic E-state index is -4.47. The molecule has 3 aliphatic rings. The SMILES string of the molecule is C[C@@H]([C@@H]1CNC2=CCCC=C21)[C@@H](NC(=O)N1CC=C(c2ccccc2C(F)(F)F)CC1)C(=O)Nc1cccc(CN(C)C)c1. The highest BCUT2D eigenvalue weighted by Gasteiger charge is 2.39. The highest BCUT2D eigenvalue weighted by Crippen LogP contribution is 2.37. The second kappa shape index (κ2) is 13.3. The Morgan fingerprint density at radius 1 is 1.07 bits per heavy atom. The molecule has 1 fully saturated rings. The molecule has 7 nitrogen and oxygen atoms in total. The second-order valence-electron chi connectivity index (χ2n) is 12.0. The van der Waals surface area contributed by atoms with Crippen LogP contribution in [0.4, 0.5) is 23.7 Å². The first kappa shape index (κ1) is 31.4. The summed E-state index contributed by atoms with van der Waals surface area (Å²) in [6, 6.07) is 11.9. The van der Waals surface area contributed by atoms with Crippen molar-refractivity contribution < 1.29 is 22.8 Å². The van der Waals surface area contributed by atoms with Gasteiger partial charge in [-0.1, -0.05) is 55.5 Å². The maximum Gasteiger partial charge on any atom is 0.416 e. The molecule has 234 valence electrons. The number of halogens is 3. The van der Waals surface area contributed by atoms with E-state index in [2.05, 4.69) is 28.1 Å². The van der Waals surface area contributed by atoms with Gasteiger partial charge in [0.1, 0.15) is 6.04 Å². The number of hydrogen-bond donors (Lipinski definition) is 3. The molecule has 0 radical (unpaired) electrons. The predicted molar refractivity (Wildman–Crippen MR) is 166 cm³/mol. The average Bonchev–Trinajstić information content (AvgIpc) is 3.43. The van der Waals surface area contributed by atoms with E-state index in [9.17, 15) is 22.8 Å². The lowest BCUT2D eigenvalue weighted by Crippen LogP contribution is -2.54. The van der Waals surface area contributed by atoms with E-state index < -0.39 is 23.8 Å². The zero-order chi connectivity index (χ0) is 31.4. The highest BCUT2D eigenvalue weighted by molar-refractivity contribution is 5.97. The van der Waals surface area contributed by atoms with E-state index in [4.69, 9.17) is 0 Å². The smallest absolute Gasteiger partial charge is 0.384 e. The van der Waals surface area contributed by atoms with Gasteiger partial charge in [0.15, 0.2) is 0 Å². The van der Waals surface area contributed by atoms with Crippen LogP contribution < -0.4 is 16.0 Å². The number of anilines is 1. The molecule has 44 heavy (non-hydrogen) atoms. The van der Waals surface area contributed by atoms with Crippen LogP contribution in [0.15, 0.2) is 78.0 Å². The third-order valence-corrected chi connectivity index (χ3v) is 8.59. The number of hydrogen-bond acceptors (Lipinski definition) is 4. The molecule has 0 aromatic heterocycles. The van der Waals surface area contributed by atoms with Crippen molar-refractivity contribution in [3.8, 4) is 0 Å². The molecule has 2 heterocycles. The Balaban J connectivity index is 1.34. The van der Waals surface area contributed by atoms with E-state index in [1.165, 1.54) is 17.7 Å². The summed E-state index contributed by atoms with van der Waals surface area (Å²) in [5.41, 5.74) is 3.99. The van der Waals surface area contributed by atoms with Gasteiger partial charge in [-0.05, 0) is 79.7 Å². The van der Waals surface area contributed by atoms with Crippen LogP contribution in [0.5, 0.6) is 0 Å². The van der Waals surface area contributed by atoms with E-state index >= 15 is 0 Å². The van der Waals surface area contributed by atoms with Crippen molar-refractivity contribution in [2.75, 3.05) is 39.0 Å². The third-order valence-electron chi connectivity index (χ3n) is 8.59. The number of allylic oxidation sites excluding steroid dienone is 3. The molecule has 2 aliphatic heterocycles. The van der Waals surface area contributed by atoms with E-state index in [1.807, 2.05) is 50.2 Å². The summed E-state index contributed by atoms with van der Waals surface area (Å²) in [4.78, 5) is 31.0. The van der Waals surface area contributed by atoms with Crippen LogP contribution >= 0.6 is 0 Å². The number of carbonyl (C=O) groups excluding carboxylic acids is 2. The number of nitrogens with one attached hydrogen (secondary N) is 3. The topological polar surface area (TPSA) is 76.7 Å². The van der Waals surface area contributed by atoms with Crippen molar-refractivity contribution in [2.24, 2.45) is 11.8 Å². The summed E-state index contributed by atoms with van der Waals surface area (Å²) >= 11 is 0. The molecule has 3 amide bonds. The van der Waals surface area contributed by atoms with Gasteiger partial charge in [-0.25, -0.2) is 4.79 Å². The number of amides is 3. The molecule has 10 heteroatoms. The van der Waals surface area contributed by atoms with Gasteiger partial charge >= 0.3 is 12.2 Å². The minimum absolute atomic E-state index is 0.0319. The Morgan fingerprint density at radius 3 is 2.57 bits per heavy atom. The number of fused-ring (bicyclic) bond motifs is 1. The summed E-state index contributed by atoms with van der Waals surface area (Å²) < 4.78 is 40.8. The highest BCUT2D eigenvalue weighted by atomic mass is 19.4. The monoisotopic (exact) mass is 607 g/mol. The van der Waals surface area contributed by atoms with Gasteiger partial charge < -0.3 is 25.8 Å². The lowest BCUT2D eigenvalue weighted by molar-refractivity contribution is -0.137. The lowest BCUT2D eigenvalue weighted by atomic mass is 9.81. The molecule has 2 aromatic carbocycles. The standard InChI is InChI=1S/C34H40F3N5O2/c1-22(28-20-38-30-14-7-5-12-27(28)30)31(32(43)39-25-10-8-9-23(19-25)21-41(2)3)40-33(44)42-17-15-24(16-18-42)26-11-4-6-13-29(26)34(35,36)37/h4,6,8-15,19,22,28,31,38H,5,7,16-18,20-21H2,1-3H3,(H,39,43)(H,40,44)/t22-,28-,31+/m0/s1. The number of urea groups is 1. The van der Waals surface area contributed by atoms with Crippen molar-refractivity contribution in [1.82, 2.24) is 20.4 Å². The summed E-state index contributed by atoms with van der Waals surface area (Å²) in [5.74, 6) is -0.514. The Labute approximate surface area is 256 Å². The molecule has 0 bridgehead atoms. The Hall–Kier alpha value is -4.05. The van der Waals surface area contributed by atoms with Crippen molar-refractivity contribution >= 4 is 23.2 Å². The fourth-order valence-corrected chi connectivity index (χ4v) is 6.35. The summed E-state index contributed by atoms with van der Waals surface area (Å²) in [6.45, 7) is 3.76. The van der Waals surface area contributed by atoms with Gasteiger partial charge in [-0.15, -0.1) is 0 Å². The summed E-state index contributed by atoms with van der Waals surface area (Å²) in [7, 11) is 3.95. The molecule has 0 saturated carbocycles. The van der Waals surface area contributed by atoms with Crippen LogP contribution in [0.25, 0.3) is 5.57 Å². The molecule has 2 aromatic rings. The number of benzene rings is 2. The van der Waals surface area contributed by atoms with Crippen LogP contribution in [-0.4, -0.2) is 61.5 Å². The van der Waals surface area contributed by atoms with E-state index in [0.717, 1.165) is 36.7 Å². The summed E-state index contributed by atoms with van der Waals surface area (Å²) in [6.07, 6.45) is 3.79. The fourth-order valence-electron chi connectivity index (χ4n) is 6.35. The molecule has 1 aliphatic carbocycles. The lowest BCUT2D eigenvalue weighted by Gasteiger charge is -2.33. The number of alkyl halides is 3. The molecule has 3 atom stereocenters. The number of rotatable bonds is 8. The fraction of sp³-hybridized carbons (Fsp3) is 0.412. The van der Waals surface area contributed by atoms with Crippen LogP contribution in [0, 0.1) is 11.8 Å². The zero-order valence-corrected chi connectivity index (χ0v) is 25.4. The van der Waals surface area contributed by atoms with Crippen LogP contribution in [0.1, 0.15) is 42.9 Å². The van der Waals surface area contributed by atoms with Crippen molar-refractivity contribution in [2.45, 2.75) is 44.9 Å². The molecule has 1 saturated heterocycles.